The Morgan fingerprint density at radius 1 is 1.45 bits per heavy atom. The summed E-state index contributed by atoms with van der Waals surface area (Å²) in [5.74, 6) is -0.531. The van der Waals surface area contributed by atoms with Crippen molar-refractivity contribution < 1.29 is 14.7 Å². The second-order valence-corrected chi connectivity index (χ2v) is 4.94. The minimum Gasteiger partial charge on any atom is -0.378 e. The van der Waals surface area contributed by atoms with Crippen molar-refractivity contribution in [1.82, 2.24) is 10.2 Å². The quantitative estimate of drug-likeness (QED) is 0.856. The van der Waals surface area contributed by atoms with Gasteiger partial charge in [-0.25, -0.2) is 0 Å². The third-order valence-electron chi connectivity index (χ3n) is 3.53. The fourth-order valence-corrected chi connectivity index (χ4v) is 2.47. The highest BCUT2D eigenvalue weighted by molar-refractivity contribution is 5.90. The van der Waals surface area contributed by atoms with E-state index in [0.717, 1.165) is 6.42 Å². The number of piperazine rings is 1. The highest BCUT2D eigenvalue weighted by atomic mass is 16.3. The van der Waals surface area contributed by atoms with Gasteiger partial charge in [-0.1, -0.05) is 43.7 Å². The normalized spacial score (nSPS) is 20.4. The molecule has 0 aromatic heterocycles. The minimum absolute atomic E-state index is 0.133. The first-order valence-corrected chi connectivity index (χ1v) is 6.96. The molecule has 2 amide bonds. The molecule has 0 saturated carbocycles. The Morgan fingerprint density at radius 3 is 2.80 bits per heavy atom. The van der Waals surface area contributed by atoms with Gasteiger partial charge in [0.1, 0.15) is 6.04 Å². The van der Waals surface area contributed by atoms with Crippen LogP contribution in [0.25, 0.3) is 0 Å². The fraction of sp³-hybridized carbons (Fsp3) is 0.467. The molecule has 1 heterocycles. The van der Waals surface area contributed by atoms with E-state index in [1.54, 1.807) is 24.3 Å². The van der Waals surface area contributed by atoms with Gasteiger partial charge in [-0.05, 0) is 12.0 Å². The van der Waals surface area contributed by atoms with Crippen LogP contribution < -0.4 is 5.32 Å². The lowest BCUT2D eigenvalue weighted by molar-refractivity contribution is -0.150. The van der Waals surface area contributed by atoms with E-state index in [1.165, 1.54) is 4.90 Å². The van der Waals surface area contributed by atoms with Gasteiger partial charge in [0.05, 0.1) is 0 Å². The second-order valence-electron chi connectivity index (χ2n) is 4.94. The van der Waals surface area contributed by atoms with E-state index in [-0.39, 0.29) is 5.91 Å². The standard InChI is InChI=1S/C15H20N2O3/c1-2-6-12-14(19)16-9-10-17(12)15(20)13(18)11-7-4-3-5-8-11/h3-5,7-8,12-13,18H,2,6,9-10H2,1H3,(H,16,19). The first-order valence-electron chi connectivity index (χ1n) is 6.96. The fourth-order valence-electron chi connectivity index (χ4n) is 2.47. The number of benzene rings is 1. The van der Waals surface area contributed by atoms with Gasteiger partial charge >= 0.3 is 0 Å². The van der Waals surface area contributed by atoms with Gasteiger partial charge < -0.3 is 15.3 Å². The average molecular weight is 276 g/mol. The summed E-state index contributed by atoms with van der Waals surface area (Å²) < 4.78 is 0. The molecule has 2 unspecified atom stereocenters. The van der Waals surface area contributed by atoms with Crippen molar-refractivity contribution in [1.29, 1.82) is 0 Å². The molecule has 20 heavy (non-hydrogen) atoms. The van der Waals surface area contributed by atoms with Gasteiger partial charge in [-0.3, -0.25) is 9.59 Å². The zero-order valence-electron chi connectivity index (χ0n) is 11.6. The molecule has 1 aromatic rings. The summed E-state index contributed by atoms with van der Waals surface area (Å²) in [7, 11) is 0. The maximum atomic E-state index is 12.4. The topological polar surface area (TPSA) is 69.6 Å². The van der Waals surface area contributed by atoms with Crippen molar-refractivity contribution in [3.8, 4) is 0 Å². The lowest BCUT2D eigenvalue weighted by atomic mass is 10.0. The lowest BCUT2D eigenvalue weighted by Gasteiger charge is -2.36. The van der Waals surface area contributed by atoms with Gasteiger partial charge in [0.15, 0.2) is 6.10 Å². The summed E-state index contributed by atoms with van der Waals surface area (Å²) in [6.45, 7) is 2.85. The maximum absolute atomic E-state index is 12.4. The largest absolute Gasteiger partial charge is 0.378 e. The van der Waals surface area contributed by atoms with E-state index in [4.69, 9.17) is 0 Å². The van der Waals surface area contributed by atoms with Gasteiger partial charge in [0, 0.05) is 13.1 Å². The molecule has 1 aliphatic heterocycles. The third kappa shape index (κ3) is 2.99. The van der Waals surface area contributed by atoms with Crippen LogP contribution in [0, 0.1) is 0 Å². The Morgan fingerprint density at radius 2 is 2.15 bits per heavy atom. The van der Waals surface area contributed by atoms with Crippen LogP contribution in [0.3, 0.4) is 0 Å². The molecule has 1 aliphatic rings. The number of carbonyl (C=O) groups is 2. The molecular weight excluding hydrogens is 256 g/mol. The molecule has 1 saturated heterocycles. The van der Waals surface area contributed by atoms with E-state index in [2.05, 4.69) is 5.32 Å². The van der Waals surface area contributed by atoms with Crippen LogP contribution >= 0.6 is 0 Å². The van der Waals surface area contributed by atoms with Crippen LogP contribution in [0.15, 0.2) is 30.3 Å². The summed E-state index contributed by atoms with van der Waals surface area (Å²) in [5.41, 5.74) is 0.554. The number of carbonyl (C=O) groups excluding carboxylic acids is 2. The molecule has 0 radical (unpaired) electrons. The van der Waals surface area contributed by atoms with Gasteiger partial charge in [0.25, 0.3) is 5.91 Å². The van der Waals surface area contributed by atoms with Crippen molar-refractivity contribution in [3.05, 3.63) is 35.9 Å². The van der Waals surface area contributed by atoms with Crippen LogP contribution in [0.1, 0.15) is 31.4 Å². The number of amides is 2. The molecule has 5 heteroatoms. The van der Waals surface area contributed by atoms with Crippen LogP contribution in [0.5, 0.6) is 0 Å². The summed E-state index contributed by atoms with van der Waals surface area (Å²) >= 11 is 0. The Bertz CT molecular complexity index is 475. The Balaban J connectivity index is 2.15. The Hall–Kier alpha value is -1.88. The van der Waals surface area contributed by atoms with Crippen molar-refractivity contribution in [3.63, 3.8) is 0 Å². The third-order valence-corrected chi connectivity index (χ3v) is 3.53. The zero-order valence-corrected chi connectivity index (χ0v) is 11.6. The highest BCUT2D eigenvalue weighted by Gasteiger charge is 2.35. The minimum atomic E-state index is -1.21. The number of aliphatic hydroxyl groups is 1. The number of rotatable bonds is 4. The summed E-state index contributed by atoms with van der Waals surface area (Å²) in [6.07, 6.45) is 0.212. The molecule has 1 fully saturated rings. The number of hydrogen-bond acceptors (Lipinski definition) is 3. The van der Waals surface area contributed by atoms with Crippen molar-refractivity contribution in [2.24, 2.45) is 0 Å². The predicted molar refractivity (Wildman–Crippen MR) is 74.8 cm³/mol. The van der Waals surface area contributed by atoms with Crippen LogP contribution in [-0.2, 0) is 9.59 Å². The molecular formula is C15H20N2O3. The Labute approximate surface area is 118 Å². The Kier molecular flexibility index (Phi) is 4.74. The SMILES string of the molecule is CCCC1C(=O)NCCN1C(=O)C(O)c1ccccc1. The van der Waals surface area contributed by atoms with Crippen LogP contribution in [0.4, 0.5) is 0 Å². The second kappa shape index (κ2) is 6.52. The summed E-state index contributed by atoms with van der Waals surface area (Å²) in [6, 6.07) is 8.33. The van der Waals surface area contributed by atoms with Gasteiger partial charge in [-0.15, -0.1) is 0 Å². The van der Waals surface area contributed by atoms with E-state index in [0.29, 0.717) is 25.1 Å². The average Bonchev–Trinajstić information content (AvgIpc) is 2.49. The van der Waals surface area contributed by atoms with Crippen molar-refractivity contribution in [2.75, 3.05) is 13.1 Å². The molecule has 1 aromatic carbocycles. The molecule has 0 bridgehead atoms. The number of aliphatic hydroxyl groups excluding tert-OH is 1. The van der Waals surface area contributed by atoms with Gasteiger partial charge in [0.2, 0.25) is 5.91 Å². The first kappa shape index (κ1) is 14.5. The molecule has 2 rings (SSSR count). The number of nitrogens with one attached hydrogen (secondary N) is 1. The first-order chi connectivity index (χ1) is 9.65. The lowest BCUT2D eigenvalue weighted by Crippen LogP contribution is -2.58. The van der Waals surface area contributed by atoms with E-state index in [1.807, 2.05) is 13.0 Å². The van der Waals surface area contributed by atoms with Crippen molar-refractivity contribution in [2.45, 2.75) is 31.9 Å². The molecule has 0 aliphatic carbocycles. The summed E-state index contributed by atoms with van der Waals surface area (Å²) in [5, 5.41) is 13.0. The van der Waals surface area contributed by atoms with Crippen LogP contribution in [0.2, 0.25) is 0 Å². The predicted octanol–water partition coefficient (Wildman–Crippen LogP) is 0.847. The smallest absolute Gasteiger partial charge is 0.256 e. The molecule has 2 N–H and O–H groups in total. The highest BCUT2D eigenvalue weighted by Crippen LogP contribution is 2.19. The molecule has 0 spiro atoms. The van der Waals surface area contributed by atoms with Gasteiger partial charge in [-0.2, -0.15) is 0 Å². The molecule has 5 nitrogen and oxygen atoms in total. The van der Waals surface area contributed by atoms with E-state index in [9.17, 15) is 14.7 Å². The number of nitrogens with zero attached hydrogens (tertiary/aromatic N) is 1. The van der Waals surface area contributed by atoms with E-state index >= 15 is 0 Å². The van der Waals surface area contributed by atoms with Crippen molar-refractivity contribution >= 4 is 11.8 Å². The maximum Gasteiger partial charge on any atom is 0.256 e. The molecule has 108 valence electrons. The monoisotopic (exact) mass is 276 g/mol. The summed E-state index contributed by atoms with van der Waals surface area (Å²) in [4.78, 5) is 25.8. The van der Waals surface area contributed by atoms with E-state index < -0.39 is 18.1 Å². The van der Waals surface area contributed by atoms with Crippen LogP contribution in [-0.4, -0.2) is 41.0 Å². The zero-order chi connectivity index (χ0) is 14.5. The molecule has 2 atom stereocenters. The number of hydrogen-bond donors (Lipinski definition) is 2.